The number of aliphatic hydroxyl groups excluding tert-OH is 1. The van der Waals surface area contributed by atoms with Gasteiger partial charge >= 0.3 is 6.09 Å². The van der Waals surface area contributed by atoms with E-state index in [4.69, 9.17) is 10.5 Å². The van der Waals surface area contributed by atoms with Crippen LogP contribution in [0.4, 0.5) is 4.79 Å². The topological polar surface area (TPSA) is 75.8 Å². The van der Waals surface area contributed by atoms with Gasteiger partial charge < -0.3 is 20.5 Å². The lowest BCUT2D eigenvalue weighted by atomic mass is 9.84. The zero-order valence-corrected chi connectivity index (χ0v) is 19.1. The molecule has 5 nitrogen and oxygen atoms in total. The minimum Gasteiger partial charge on any atom is -0.438 e. The maximum atomic E-state index is 13.1. The molecule has 1 aliphatic heterocycles. The highest BCUT2D eigenvalue weighted by Gasteiger charge is 2.43. The number of aliphatic hydroxyl groups is 1. The molecule has 0 aliphatic carbocycles. The van der Waals surface area contributed by atoms with Crippen LogP contribution in [0.25, 0.3) is 11.1 Å². The van der Waals surface area contributed by atoms with Crippen molar-refractivity contribution in [3.8, 4) is 11.1 Å². The van der Waals surface area contributed by atoms with Crippen molar-refractivity contribution in [1.29, 1.82) is 0 Å². The molecule has 0 unspecified atom stereocenters. The summed E-state index contributed by atoms with van der Waals surface area (Å²) in [6, 6.07) is 26.3. The molecule has 172 valence electrons. The molecule has 33 heavy (non-hydrogen) atoms. The first-order valence-electron chi connectivity index (χ1n) is 11.6. The van der Waals surface area contributed by atoms with E-state index >= 15 is 0 Å². The van der Waals surface area contributed by atoms with Crippen LogP contribution >= 0.6 is 0 Å². The van der Waals surface area contributed by atoms with E-state index in [1.807, 2.05) is 49.4 Å². The minimum atomic E-state index is -0.685. The molecular weight excluding hydrogens is 412 g/mol. The van der Waals surface area contributed by atoms with E-state index in [0.717, 1.165) is 27.8 Å². The van der Waals surface area contributed by atoms with Crippen molar-refractivity contribution >= 4 is 6.09 Å². The van der Waals surface area contributed by atoms with Gasteiger partial charge in [0, 0.05) is 26.1 Å². The zero-order chi connectivity index (χ0) is 23.3. The smallest absolute Gasteiger partial charge is 0.411 e. The van der Waals surface area contributed by atoms with Gasteiger partial charge in [0.25, 0.3) is 0 Å². The fourth-order valence-corrected chi connectivity index (χ4v) is 4.66. The van der Waals surface area contributed by atoms with Gasteiger partial charge in [-0.2, -0.15) is 0 Å². The van der Waals surface area contributed by atoms with Crippen LogP contribution < -0.4 is 5.73 Å². The Bertz CT molecular complexity index is 1070. The van der Waals surface area contributed by atoms with E-state index in [2.05, 4.69) is 36.4 Å². The fraction of sp³-hybridized carbons (Fsp3) is 0.321. The first kappa shape index (κ1) is 23.0. The number of carbonyl (C=O) groups is 1. The fourth-order valence-electron chi connectivity index (χ4n) is 4.66. The molecule has 0 aromatic heterocycles. The summed E-state index contributed by atoms with van der Waals surface area (Å²) in [5, 5.41) is 9.39. The molecule has 4 rings (SSSR count). The van der Waals surface area contributed by atoms with Crippen LogP contribution in [0.1, 0.15) is 48.9 Å². The second-order valence-corrected chi connectivity index (χ2v) is 8.70. The van der Waals surface area contributed by atoms with Crippen molar-refractivity contribution in [2.24, 2.45) is 5.73 Å². The number of nitrogens with two attached hydrogens (primary N) is 1. The molecule has 2 atom stereocenters. The third-order valence-corrected chi connectivity index (χ3v) is 6.67. The number of cyclic esters (lactones) is 1. The van der Waals surface area contributed by atoms with E-state index < -0.39 is 5.60 Å². The summed E-state index contributed by atoms with van der Waals surface area (Å²) >= 11 is 0. The number of amides is 1. The van der Waals surface area contributed by atoms with Crippen molar-refractivity contribution in [3.05, 3.63) is 95.6 Å². The van der Waals surface area contributed by atoms with Crippen molar-refractivity contribution in [2.75, 3.05) is 13.2 Å². The number of rotatable bonds is 8. The third kappa shape index (κ3) is 4.95. The van der Waals surface area contributed by atoms with Crippen LogP contribution in [-0.4, -0.2) is 29.3 Å². The maximum Gasteiger partial charge on any atom is 0.411 e. The van der Waals surface area contributed by atoms with Gasteiger partial charge in [-0.3, -0.25) is 0 Å². The minimum absolute atomic E-state index is 0.0762. The van der Waals surface area contributed by atoms with Gasteiger partial charge in [-0.1, -0.05) is 72.8 Å². The zero-order valence-electron chi connectivity index (χ0n) is 19.1. The second kappa shape index (κ2) is 10.2. The molecule has 1 fully saturated rings. The largest absolute Gasteiger partial charge is 0.438 e. The van der Waals surface area contributed by atoms with Gasteiger partial charge in [0.05, 0.1) is 6.04 Å². The Hall–Kier alpha value is -3.15. The van der Waals surface area contributed by atoms with Crippen LogP contribution in [-0.2, 0) is 16.9 Å². The van der Waals surface area contributed by atoms with Crippen LogP contribution in [0.2, 0.25) is 0 Å². The number of ether oxygens (including phenoxy) is 1. The summed E-state index contributed by atoms with van der Waals surface area (Å²) in [6.07, 6.45) is 1.58. The molecule has 3 aromatic rings. The van der Waals surface area contributed by atoms with E-state index in [-0.39, 0.29) is 18.7 Å². The van der Waals surface area contributed by atoms with Crippen molar-refractivity contribution in [1.82, 2.24) is 4.90 Å². The Labute approximate surface area is 195 Å². The number of carbonyl (C=O) groups excluding carboxylic acids is 1. The average molecular weight is 445 g/mol. The normalized spacial score (nSPS) is 19.2. The Morgan fingerprint density at radius 2 is 1.79 bits per heavy atom. The molecule has 1 aliphatic rings. The van der Waals surface area contributed by atoms with E-state index in [0.29, 0.717) is 32.4 Å². The SMILES string of the molecule is C[C@@H](c1ccc(-c2cccc(CN)c2)cc1)N1CC[C@](CCCO)(c2ccccc2)OC1=O. The van der Waals surface area contributed by atoms with Gasteiger partial charge in [-0.05, 0) is 53.6 Å². The van der Waals surface area contributed by atoms with Gasteiger partial charge in [0.1, 0.15) is 5.60 Å². The first-order chi connectivity index (χ1) is 16.1. The Balaban J connectivity index is 1.50. The van der Waals surface area contributed by atoms with E-state index in [1.54, 1.807) is 4.90 Å². The summed E-state index contributed by atoms with van der Waals surface area (Å²) in [5.74, 6) is 0. The van der Waals surface area contributed by atoms with Crippen molar-refractivity contribution < 1.29 is 14.6 Å². The van der Waals surface area contributed by atoms with Crippen LogP contribution in [0, 0.1) is 0 Å². The third-order valence-electron chi connectivity index (χ3n) is 6.67. The van der Waals surface area contributed by atoms with E-state index in [9.17, 15) is 9.90 Å². The highest BCUT2D eigenvalue weighted by Crippen LogP contribution is 2.40. The number of hydrogen-bond acceptors (Lipinski definition) is 4. The van der Waals surface area contributed by atoms with Gasteiger partial charge in [0.15, 0.2) is 0 Å². The highest BCUT2D eigenvalue weighted by atomic mass is 16.6. The maximum absolute atomic E-state index is 13.1. The average Bonchev–Trinajstić information content (AvgIpc) is 2.88. The molecule has 1 heterocycles. The van der Waals surface area contributed by atoms with Crippen molar-refractivity contribution in [3.63, 3.8) is 0 Å². The van der Waals surface area contributed by atoms with Crippen LogP contribution in [0.5, 0.6) is 0 Å². The molecule has 0 spiro atoms. The molecule has 1 saturated heterocycles. The molecular formula is C28H32N2O3. The molecule has 3 aromatic carbocycles. The lowest BCUT2D eigenvalue weighted by Gasteiger charge is -2.43. The van der Waals surface area contributed by atoms with Gasteiger partial charge in [-0.15, -0.1) is 0 Å². The molecule has 3 N–H and O–H groups in total. The predicted octanol–water partition coefficient (Wildman–Crippen LogP) is 5.38. The van der Waals surface area contributed by atoms with E-state index in [1.165, 1.54) is 0 Å². The number of nitrogens with zero attached hydrogens (tertiary/aromatic N) is 1. The number of benzene rings is 3. The molecule has 0 bridgehead atoms. The summed E-state index contributed by atoms with van der Waals surface area (Å²) in [7, 11) is 0. The molecule has 0 radical (unpaired) electrons. The lowest BCUT2D eigenvalue weighted by molar-refractivity contribution is -0.0680. The summed E-state index contributed by atoms with van der Waals surface area (Å²) in [4.78, 5) is 14.9. The lowest BCUT2D eigenvalue weighted by Crippen LogP contribution is -2.48. The second-order valence-electron chi connectivity index (χ2n) is 8.70. The van der Waals surface area contributed by atoms with Gasteiger partial charge in [0.2, 0.25) is 0 Å². The Morgan fingerprint density at radius 1 is 1.03 bits per heavy atom. The summed E-state index contributed by atoms with van der Waals surface area (Å²) in [5.41, 5.74) is 10.5. The van der Waals surface area contributed by atoms with Crippen molar-refractivity contribution in [2.45, 2.75) is 44.4 Å². The Kier molecular flexibility index (Phi) is 7.11. The standard InChI is InChI=1S/C28H32N2O3/c1-21(23-11-13-24(14-12-23)25-8-5-7-22(19-25)20-29)30-17-16-28(15-6-18-31,33-27(30)32)26-9-3-2-4-10-26/h2-5,7-14,19,21,31H,6,15-18,20,29H2,1H3/t21-,28+/m0/s1. The van der Waals surface area contributed by atoms with Crippen LogP contribution in [0.3, 0.4) is 0 Å². The monoisotopic (exact) mass is 444 g/mol. The summed E-state index contributed by atoms with van der Waals surface area (Å²) in [6.45, 7) is 3.23. The quantitative estimate of drug-likeness (QED) is 0.489. The Morgan fingerprint density at radius 3 is 2.45 bits per heavy atom. The molecule has 1 amide bonds. The summed E-state index contributed by atoms with van der Waals surface area (Å²) < 4.78 is 6.10. The number of hydrogen-bond donors (Lipinski definition) is 2. The highest BCUT2D eigenvalue weighted by molar-refractivity contribution is 5.70. The first-order valence-corrected chi connectivity index (χ1v) is 11.6. The van der Waals surface area contributed by atoms with Crippen LogP contribution in [0.15, 0.2) is 78.9 Å². The molecule has 5 heteroatoms. The predicted molar refractivity (Wildman–Crippen MR) is 130 cm³/mol. The van der Waals surface area contributed by atoms with Gasteiger partial charge in [-0.25, -0.2) is 4.79 Å². The molecule has 0 saturated carbocycles.